The van der Waals surface area contributed by atoms with Crippen molar-refractivity contribution in [1.29, 1.82) is 0 Å². The van der Waals surface area contributed by atoms with Gasteiger partial charge in [-0.05, 0) is 42.8 Å². The predicted molar refractivity (Wildman–Crippen MR) is 96.4 cm³/mol. The van der Waals surface area contributed by atoms with Gasteiger partial charge in [0.2, 0.25) is 11.8 Å². The number of hydrogen-bond acceptors (Lipinski definition) is 6. The van der Waals surface area contributed by atoms with Crippen LogP contribution in [0.4, 0.5) is 0 Å². The van der Waals surface area contributed by atoms with Crippen molar-refractivity contribution in [2.45, 2.75) is 19.5 Å². The third-order valence-electron chi connectivity index (χ3n) is 3.86. The van der Waals surface area contributed by atoms with Gasteiger partial charge < -0.3 is 24.8 Å². The number of carbonyl (C=O) groups is 1. The van der Waals surface area contributed by atoms with Gasteiger partial charge in [-0.15, -0.1) is 0 Å². The van der Waals surface area contributed by atoms with Gasteiger partial charge in [-0.1, -0.05) is 0 Å². The van der Waals surface area contributed by atoms with Crippen molar-refractivity contribution in [2.75, 3.05) is 26.4 Å². The summed E-state index contributed by atoms with van der Waals surface area (Å²) < 4.78 is 16.5. The minimum atomic E-state index is -0.301. The fourth-order valence-electron chi connectivity index (χ4n) is 2.55. The van der Waals surface area contributed by atoms with Crippen LogP contribution in [0.5, 0.6) is 17.4 Å². The lowest BCUT2D eigenvalue weighted by Crippen LogP contribution is -2.51. The summed E-state index contributed by atoms with van der Waals surface area (Å²) in [5, 5.41) is 6.03. The Balaban J connectivity index is 1.54. The second-order valence-electron chi connectivity index (χ2n) is 5.81. The van der Waals surface area contributed by atoms with Crippen molar-refractivity contribution in [2.24, 2.45) is 0 Å². The minimum absolute atomic E-state index is 0.0736. The summed E-state index contributed by atoms with van der Waals surface area (Å²) in [5.41, 5.74) is 0.908. The monoisotopic (exact) mass is 357 g/mol. The molecule has 1 unspecified atom stereocenters. The van der Waals surface area contributed by atoms with E-state index in [9.17, 15) is 4.79 Å². The number of amides is 1. The van der Waals surface area contributed by atoms with E-state index < -0.39 is 0 Å². The molecule has 138 valence electrons. The molecule has 1 amide bonds. The fraction of sp³-hybridized carbons (Fsp3) is 0.368. The number of pyridine rings is 1. The van der Waals surface area contributed by atoms with E-state index >= 15 is 0 Å². The molecule has 3 rings (SSSR count). The van der Waals surface area contributed by atoms with Gasteiger partial charge in [0.1, 0.15) is 17.5 Å². The highest BCUT2D eigenvalue weighted by atomic mass is 16.5. The van der Waals surface area contributed by atoms with Crippen LogP contribution >= 0.6 is 0 Å². The molecule has 0 spiro atoms. The number of ether oxygens (including phenoxy) is 3. The van der Waals surface area contributed by atoms with E-state index in [2.05, 4.69) is 15.6 Å². The lowest BCUT2D eigenvalue weighted by molar-refractivity contribution is -0.126. The van der Waals surface area contributed by atoms with E-state index in [1.165, 1.54) is 0 Å². The number of nitrogens with zero attached hydrogens (tertiary/aromatic N) is 1. The summed E-state index contributed by atoms with van der Waals surface area (Å²) in [6.07, 6.45) is 1.66. The van der Waals surface area contributed by atoms with E-state index in [0.717, 1.165) is 11.3 Å². The highest BCUT2D eigenvalue weighted by Gasteiger charge is 2.20. The molecule has 2 heterocycles. The Hall–Kier alpha value is -2.64. The smallest absolute Gasteiger partial charge is 0.239 e. The van der Waals surface area contributed by atoms with Gasteiger partial charge in [0, 0.05) is 25.4 Å². The zero-order valence-electron chi connectivity index (χ0n) is 14.7. The maximum absolute atomic E-state index is 12.1. The standard InChI is InChI=1S/C19H23N3O4/c1-2-25-15-3-5-16(6-4-15)26-18-11-14(7-8-21-18)12-22-19(23)17-13-24-10-9-20-17/h3-8,11,17,20H,2,9-10,12-13H2,1H3,(H,22,23). The van der Waals surface area contributed by atoms with Crippen LogP contribution in [0.1, 0.15) is 12.5 Å². The Morgan fingerprint density at radius 2 is 2.12 bits per heavy atom. The molecule has 1 saturated heterocycles. The molecule has 1 aromatic heterocycles. The lowest BCUT2D eigenvalue weighted by Gasteiger charge is -2.22. The first-order valence-corrected chi connectivity index (χ1v) is 8.69. The molecular weight excluding hydrogens is 334 g/mol. The van der Waals surface area contributed by atoms with Gasteiger partial charge in [0.15, 0.2) is 0 Å². The minimum Gasteiger partial charge on any atom is -0.494 e. The summed E-state index contributed by atoms with van der Waals surface area (Å²) in [7, 11) is 0. The summed E-state index contributed by atoms with van der Waals surface area (Å²) >= 11 is 0. The second-order valence-corrected chi connectivity index (χ2v) is 5.81. The highest BCUT2D eigenvalue weighted by molar-refractivity contribution is 5.81. The molecule has 7 heteroatoms. The van der Waals surface area contributed by atoms with Gasteiger partial charge in [-0.25, -0.2) is 4.98 Å². The molecule has 1 aliphatic heterocycles. The molecule has 0 bridgehead atoms. The van der Waals surface area contributed by atoms with Crippen molar-refractivity contribution in [1.82, 2.24) is 15.6 Å². The largest absolute Gasteiger partial charge is 0.494 e. The first kappa shape index (κ1) is 18.2. The van der Waals surface area contributed by atoms with E-state index in [4.69, 9.17) is 14.2 Å². The van der Waals surface area contributed by atoms with Crippen LogP contribution in [0.2, 0.25) is 0 Å². The number of benzene rings is 1. The summed E-state index contributed by atoms with van der Waals surface area (Å²) in [4.78, 5) is 16.3. The average Bonchev–Trinajstić information content (AvgIpc) is 2.69. The van der Waals surface area contributed by atoms with Crippen LogP contribution in [-0.2, 0) is 16.1 Å². The van der Waals surface area contributed by atoms with E-state index in [1.807, 2.05) is 43.3 Å². The van der Waals surface area contributed by atoms with Crippen LogP contribution in [0, 0.1) is 0 Å². The lowest BCUT2D eigenvalue weighted by atomic mass is 10.2. The summed E-state index contributed by atoms with van der Waals surface area (Å²) in [6.45, 7) is 4.69. The highest BCUT2D eigenvalue weighted by Crippen LogP contribution is 2.23. The molecular formula is C19H23N3O4. The molecule has 1 atom stereocenters. The molecule has 1 fully saturated rings. The predicted octanol–water partition coefficient (Wildman–Crippen LogP) is 1.88. The SMILES string of the molecule is CCOc1ccc(Oc2cc(CNC(=O)C3COCCN3)ccn2)cc1. The number of hydrogen-bond donors (Lipinski definition) is 2. The first-order valence-electron chi connectivity index (χ1n) is 8.69. The average molecular weight is 357 g/mol. The Morgan fingerprint density at radius 1 is 1.31 bits per heavy atom. The zero-order valence-corrected chi connectivity index (χ0v) is 14.7. The summed E-state index contributed by atoms with van der Waals surface area (Å²) in [6, 6.07) is 10.7. The Labute approximate surface area is 152 Å². The molecule has 0 radical (unpaired) electrons. The van der Waals surface area contributed by atoms with Crippen molar-refractivity contribution in [3.8, 4) is 17.4 Å². The van der Waals surface area contributed by atoms with E-state index in [0.29, 0.717) is 44.5 Å². The number of rotatable bonds is 7. The number of morpholine rings is 1. The molecule has 2 aromatic rings. The topological polar surface area (TPSA) is 81.7 Å². The molecule has 26 heavy (non-hydrogen) atoms. The Bertz CT molecular complexity index is 715. The molecule has 1 aromatic carbocycles. The van der Waals surface area contributed by atoms with Crippen LogP contribution in [-0.4, -0.2) is 43.3 Å². The van der Waals surface area contributed by atoms with Crippen LogP contribution in [0.3, 0.4) is 0 Å². The van der Waals surface area contributed by atoms with Crippen molar-refractivity contribution >= 4 is 5.91 Å². The van der Waals surface area contributed by atoms with Crippen molar-refractivity contribution in [3.63, 3.8) is 0 Å². The third kappa shape index (κ3) is 5.18. The molecule has 1 aliphatic rings. The van der Waals surface area contributed by atoms with Gasteiger partial charge in [0.05, 0.1) is 19.8 Å². The maximum atomic E-state index is 12.1. The number of aromatic nitrogens is 1. The zero-order chi connectivity index (χ0) is 18.2. The van der Waals surface area contributed by atoms with Gasteiger partial charge in [-0.3, -0.25) is 4.79 Å². The Kier molecular flexibility index (Phi) is 6.40. The maximum Gasteiger partial charge on any atom is 0.239 e. The Morgan fingerprint density at radius 3 is 2.85 bits per heavy atom. The normalized spacial score (nSPS) is 16.7. The molecule has 2 N–H and O–H groups in total. The van der Waals surface area contributed by atoms with Crippen molar-refractivity contribution < 1.29 is 19.0 Å². The van der Waals surface area contributed by atoms with E-state index in [-0.39, 0.29) is 11.9 Å². The van der Waals surface area contributed by atoms with Crippen LogP contribution in [0.25, 0.3) is 0 Å². The van der Waals surface area contributed by atoms with Gasteiger partial charge in [-0.2, -0.15) is 0 Å². The number of carbonyl (C=O) groups excluding carboxylic acids is 1. The molecule has 0 saturated carbocycles. The molecule has 7 nitrogen and oxygen atoms in total. The quantitative estimate of drug-likeness (QED) is 0.787. The fourth-order valence-corrected chi connectivity index (χ4v) is 2.55. The van der Waals surface area contributed by atoms with Crippen LogP contribution in [0.15, 0.2) is 42.6 Å². The van der Waals surface area contributed by atoms with Crippen LogP contribution < -0.4 is 20.1 Å². The first-order chi connectivity index (χ1) is 12.7. The van der Waals surface area contributed by atoms with Gasteiger partial charge in [0.25, 0.3) is 0 Å². The van der Waals surface area contributed by atoms with Crippen molar-refractivity contribution in [3.05, 3.63) is 48.2 Å². The summed E-state index contributed by atoms with van der Waals surface area (Å²) in [5.74, 6) is 1.87. The van der Waals surface area contributed by atoms with Gasteiger partial charge >= 0.3 is 0 Å². The third-order valence-corrected chi connectivity index (χ3v) is 3.86. The second kappa shape index (κ2) is 9.17. The van der Waals surface area contributed by atoms with E-state index in [1.54, 1.807) is 6.20 Å². The molecule has 0 aliphatic carbocycles. The number of nitrogens with one attached hydrogen (secondary N) is 2.